The highest BCUT2D eigenvalue weighted by atomic mass is 16.2. The molecule has 0 spiro atoms. The van der Waals surface area contributed by atoms with Gasteiger partial charge >= 0.3 is 0 Å². The summed E-state index contributed by atoms with van der Waals surface area (Å²) >= 11 is 0. The zero-order valence-electron chi connectivity index (χ0n) is 14.1. The van der Waals surface area contributed by atoms with Crippen LogP contribution in [-0.4, -0.2) is 30.4 Å². The van der Waals surface area contributed by atoms with E-state index in [9.17, 15) is 4.79 Å². The topological polar surface area (TPSA) is 47.3 Å². The molecule has 2 aromatic carbocycles. The number of para-hydroxylation sites is 1. The fourth-order valence-electron chi connectivity index (χ4n) is 2.57. The zero-order chi connectivity index (χ0) is 17.2. The highest BCUT2D eigenvalue weighted by Gasteiger charge is 2.18. The van der Waals surface area contributed by atoms with Crippen molar-refractivity contribution in [2.75, 3.05) is 24.5 Å². The van der Waals surface area contributed by atoms with E-state index in [0.717, 1.165) is 18.8 Å². The van der Waals surface area contributed by atoms with Gasteiger partial charge in [-0.2, -0.15) is 5.26 Å². The Morgan fingerprint density at radius 2 is 1.67 bits per heavy atom. The molecule has 124 valence electrons. The number of rotatable bonds is 8. The van der Waals surface area contributed by atoms with Crippen molar-refractivity contribution in [1.29, 1.82) is 5.26 Å². The van der Waals surface area contributed by atoms with E-state index >= 15 is 0 Å². The Morgan fingerprint density at radius 3 is 2.25 bits per heavy atom. The molecule has 0 aliphatic carbocycles. The fraction of sp³-hybridized carbons (Fsp3) is 0.300. The second kappa shape index (κ2) is 9.49. The molecule has 0 N–H and O–H groups in total. The summed E-state index contributed by atoms with van der Waals surface area (Å²) in [7, 11) is 0. The number of hydrogen-bond donors (Lipinski definition) is 0. The van der Waals surface area contributed by atoms with Gasteiger partial charge in [0.25, 0.3) is 0 Å². The van der Waals surface area contributed by atoms with Crippen molar-refractivity contribution in [1.82, 2.24) is 4.90 Å². The van der Waals surface area contributed by atoms with Crippen LogP contribution < -0.4 is 4.90 Å². The maximum Gasteiger partial charge on any atom is 0.241 e. The molecule has 24 heavy (non-hydrogen) atoms. The Bertz CT molecular complexity index is 664. The Morgan fingerprint density at radius 1 is 1.04 bits per heavy atom. The first-order valence-electron chi connectivity index (χ1n) is 8.23. The molecule has 0 bridgehead atoms. The third-order valence-electron chi connectivity index (χ3n) is 3.87. The molecule has 0 fully saturated rings. The summed E-state index contributed by atoms with van der Waals surface area (Å²) in [6, 6.07) is 21.8. The summed E-state index contributed by atoms with van der Waals surface area (Å²) in [5, 5.41) is 8.87. The number of amides is 1. The van der Waals surface area contributed by atoms with Gasteiger partial charge in [-0.05, 0) is 24.2 Å². The Labute approximate surface area is 143 Å². The Balaban J connectivity index is 2.06. The lowest BCUT2D eigenvalue weighted by molar-refractivity contribution is -0.119. The average Bonchev–Trinajstić information content (AvgIpc) is 2.63. The van der Waals surface area contributed by atoms with Crippen LogP contribution in [0.5, 0.6) is 0 Å². The third-order valence-corrected chi connectivity index (χ3v) is 3.87. The van der Waals surface area contributed by atoms with Crippen molar-refractivity contribution in [3.8, 4) is 6.07 Å². The van der Waals surface area contributed by atoms with Crippen LogP contribution in [0.4, 0.5) is 5.69 Å². The van der Waals surface area contributed by atoms with Gasteiger partial charge < -0.3 is 4.90 Å². The van der Waals surface area contributed by atoms with Gasteiger partial charge in [-0.1, -0.05) is 55.5 Å². The maximum atomic E-state index is 12.8. The molecule has 0 saturated heterocycles. The Kier molecular flexibility index (Phi) is 7.00. The first-order chi connectivity index (χ1) is 11.7. The first kappa shape index (κ1) is 17.7. The number of hydrogen-bond acceptors (Lipinski definition) is 3. The normalized spacial score (nSPS) is 10.4. The number of carbonyl (C=O) groups excluding carboxylic acids is 1. The number of nitrogens with zero attached hydrogens (tertiary/aromatic N) is 3. The summed E-state index contributed by atoms with van der Waals surface area (Å²) in [6.45, 7) is 4.35. The highest BCUT2D eigenvalue weighted by Crippen LogP contribution is 2.15. The summed E-state index contributed by atoms with van der Waals surface area (Å²) in [4.78, 5) is 16.6. The molecule has 0 aliphatic rings. The van der Waals surface area contributed by atoms with Gasteiger partial charge in [0.1, 0.15) is 0 Å². The van der Waals surface area contributed by atoms with Gasteiger partial charge in [0.05, 0.1) is 19.0 Å². The van der Waals surface area contributed by atoms with E-state index in [0.29, 0.717) is 19.5 Å². The van der Waals surface area contributed by atoms with Crippen LogP contribution in [0.3, 0.4) is 0 Å². The lowest BCUT2D eigenvalue weighted by Gasteiger charge is -2.26. The number of benzene rings is 2. The van der Waals surface area contributed by atoms with Gasteiger partial charge in [-0.25, -0.2) is 0 Å². The molecule has 4 nitrogen and oxygen atoms in total. The van der Waals surface area contributed by atoms with Crippen molar-refractivity contribution in [3.63, 3.8) is 0 Å². The van der Waals surface area contributed by atoms with Crippen LogP contribution in [0.15, 0.2) is 60.7 Å². The summed E-state index contributed by atoms with van der Waals surface area (Å²) in [5.74, 6) is 0.0224. The second-order valence-corrected chi connectivity index (χ2v) is 5.58. The fourth-order valence-corrected chi connectivity index (χ4v) is 2.57. The zero-order valence-corrected chi connectivity index (χ0v) is 14.1. The van der Waals surface area contributed by atoms with E-state index in [-0.39, 0.29) is 5.91 Å². The van der Waals surface area contributed by atoms with Crippen molar-refractivity contribution in [2.24, 2.45) is 0 Å². The van der Waals surface area contributed by atoms with E-state index in [4.69, 9.17) is 5.26 Å². The van der Waals surface area contributed by atoms with Gasteiger partial charge in [0, 0.05) is 18.8 Å². The lowest BCUT2D eigenvalue weighted by Crippen LogP contribution is -2.40. The van der Waals surface area contributed by atoms with Crippen LogP contribution in [0, 0.1) is 11.3 Å². The van der Waals surface area contributed by atoms with Gasteiger partial charge in [0.2, 0.25) is 5.91 Å². The molecule has 4 heteroatoms. The highest BCUT2D eigenvalue weighted by molar-refractivity contribution is 5.94. The summed E-state index contributed by atoms with van der Waals surface area (Å²) in [5.41, 5.74) is 2.03. The predicted octanol–water partition coefficient (Wildman–Crippen LogP) is 3.46. The molecule has 0 saturated carbocycles. The van der Waals surface area contributed by atoms with E-state index < -0.39 is 0 Å². The molecule has 0 unspecified atom stereocenters. The van der Waals surface area contributed by atoms with Crippen molar-refractivity contribution >= 4 is 11.6 Å². The molecular weight excluding hydrogens is 298 g/mol. The van der Waals surface area contributed by atoms with Crippen LogP contribution in [0.1, 0.15) is 18.9 Å². The van der Waals surface area contributed by atoms with E-state index in [1.807, 2.05) is 48.5 Å². The quantitative estimate of drug-likeness (QED) is 0.748. The van der Waals surface area contributed by atoms with Gasteiger partial charge in [-0.3, -0.25) is 9.69 Å². The smallest absolute Gasteiger partial charge is 0.241 e. The van der Waals surface area contributed by atoms with E-state index in [1.165, 1.54) is 5.56 Å². The molecule has 2 aromatic rings. The van der Waals surface area contributed by atoms with E-state index in [2.05, 4.69) is 30.0 Å². The minimum atomic E-state index is 0.0224. The summed E-state index contributed by atoms with van der Waals surface area (Å²) in [6.07, 6.45) is 0.325. The standard InChI is InChI=1S/C20H23N3O/c1-2-22(16-18-10-5-3-6-11-18)17-20(24)23(15-9-14-21)19-12-7-4-8-13-19/h3-8,10-13H,2,9,15-17H2,1H3. The first-order valence-corrected chi connectivity index (χ1v) is 8.23. The van der Waals surface area contributed by atoms with E-state index in [1.54, 1.807) is 4.90 Å². The predicted molar refractivity (Wildman–Crippen MR) is 96.4 cm³/mol. The molecule has 0 atom stereocenters. The molecule has 1 amide bonds. The summed E-state index contributed by atoms with van der Waals surface area (Å²) < 4.78 is 0. The average molecular weight is 321 g/mol. The van der Waals surface area contributed by atoms with Gasteiger partial charge in [-0.15, -0.1) is 0 Å². The number of likely N-dealkylation sites (N-methyl/N-ethyl adjacent to an activating group) is 1. The molecular formula is C20H23N3O. The van der Waals surface area contributed by atoms with Crippen molar-refractivity contribution in [3.05, 3.63) is 66.2 Å². The number of carbonyl (C=O) groups is 1. The minimum Gasteiger partial charge on any atom is -0.310 e. The van der Waals surface area contributed by atoms with Crippen LogP contribution in [0.25, 0.3) is 0 Å². The van der Waals surface area contributed by atoms with Crippen LogP contribution in [-0.2, 0) is 11.3 Å². The maximum absolute atomic E-state index is 12.8. The van der Waals surface area contributed by atoms with Crippen LogP contribution in [0.2, 0.25) is 0 Å². The number of nitriles is 1. The molecule has 2 rings (SSSR count). The largest absolute Gasteiger partial charge is 0.310 e. The minimum absolute atomic E-state index is 0.0224. The van der Waals surface area contributed by atoms with Crippen molar-refractivity contribution < 1.29 is 4.79 Å². The lowest BCUT2D eigenvalue weighted by atomic mass is 10.2. The molecule has 0 heterocycles. The van der Waals surface area contributed by atoms with Crippen LogP contribution >= 0.6 is 0 Å². The molecule has 0 radical (unpaired) electrons. The second-order valence-electron chi connectivity index (χ2n) is 5.58. The van der Waals surface area contributed by atoms with Crippen molar-refractivity contribution in [2.45, 2.75) is 19.9 Å². The monoisotopic (exact) mass is 321 g/mol. The Hall–Kier alpha value is -2.64. The molecule has 0 aliphatic heterocycles. The SMILES string of the molecule is CCN(CC(=O)N(CCC#N)c1ccccc1)Cc1ccccc1. The van der Waals surface area contributed by atoms with Gasteiger partial charge in [0.15, 0.2) is 0 Å². The number of anilines is 1. The molecule has 0 aromatic heterocycles. The third kappa shape index (κ3) is 5.22.